The van der Waals surface area contributed by atoms with Crippen LogP contribution in [0.2, 0.25) is 0 Å². The van der Waals surface area contributed by atoms with Gasteiger partial charge in [-0.15, -0.1) is 11.3 Å². The fourth-order valence-corrected chi connectivity index (χ4v) is 5.29. The average Bonchev–Trinajstić information content (AvgIpc) is 3.08. The van der Waals surface area contributed by atoms with Gasteiger partial charge in [0.1, 0.15) is 0 Å². The van der Waals surface area contributed by atoms with Crippen LogP contribution >= 0.6 is 27.3 Å². The van der Waals surface area contributed by atoms with Gasteiger partial charge in [-0.3, -0.25) is 0 Å². The van der Waals surface area contributed by atoms with Crippen LogP contribution in [0.15, 0.2) is 24.3 Å². The van der Waals surface area contributed by atoms with Crippen LogP contribution in [0.5, 0.6) is 0 Å². The van der Waals surface area contributed by atoms with Crippen molar-refractivity contribution in [3.8, 4) is 0 Å². The van der Waals surface area contributed by atoms with Gasteiger partial charge in [0.15, 0.2) is 0 Å². The monoisotopic (exact) mass is 362 g/mol. The molecule has 1 unspecified atom stereocenters. The summed E-state index contributed by atoms with van der Waals surface area (Å²) in [4.78, 5) is 3.40. The topological polar surface area (TPSA) is 9.23 Å². The van der Waals surface area contributed by atoms with E-state index in [0.717, 1.165) is 13.2 Å². The number of thiophene rings is 1. The fraction of sp³-hybridized carbons (Fsp3) is 0.444. The quantitative estimate of drug-likeness (QED) is 0.503. The maximum absolute atomic E-state index is 5.52. The second-order valence-electron chi connectivity index (χ2n) is 6.04. The Kier molecular flexibility index (Phi) is 3.91. The Morgan fingerprint density at radius 2 is 1.81 bits per heavy atom. The van der Waals surface area contributed by atoms with E-state index in [2.05, 4.69) is 40.2 Å². The number of fused-ring (bicyclic) bond motifs is 2. The minimum Gasteiger partial charge on any atom is -0.372 e. The van der Waals surface area contributed by atoms with Crippen LogP contribution in [0.25, 0.3) is 0 Å². The van der Waals surface area contributed by atoms with Gasteiger partial charge in [-0.05, 0) is 54.0 Å². The van der Waals surface area contributed by atoms with Crippen LogP contribution < -0.4 is 0 Å². The van der Waals surface area contributed by atoms with Crippen molar-refractivity contribution in [2.75, 3.05) is 0 Å². The molecule has 1 atom stereocenters. The highest BCUT2D eigenvalue weighted by Crippen LogP contribution is 2.40. The summed E-state index contributed by atoms with van der Waals surface area (Å²) in [7, 11) is 0. The van der Waals surface area contributed by atoms with Crippen molar-refractivity contribution in [3.05, 3.63) is 56.3 Å². The molecule has 110 valence electrons. The lowest BCUT2D eigenvalue weighted by atomic mass is 10.0. The molecule has 2 aromatic rings. The Bertz CT molecular complexity index is 638. The lowest BCUT2D eigenvalue weighted by molar-refractivity contribution is 0.134. The average molecular weight is 363 g/mol. The fourth-order valence-electron chi connectivity index (χ4n) is 3.33. The molecule has 1 aromatic carbocycles. The predicted molar refractivity (Wildman–Crippen MR) is 91.3 cm³/mol. The van der Waals surface area contributed by atoms with E-state index in [4.69, 9.17) is 4.74 Å². The van der Waals surface area contributed by atoms with Crippen molar-refractivity contribution in [2.24, 2.45) is 0 Å². The molecule has 3 heteroatoms. The van der Waals surface area contributed by atoms with Crippen LogP contribution in [-0.2, 0) is 30.8 Å². The third-order valence-electron chi connectivity index (χ3n) is 4.55. The molecule has 4 rings (SSSR count). The van der Waals surface area contributed by atoms with Crippen molar-refractivity contribution in [3.63, 3.8) is 0 Å². The highest BCUT2D eigenvalue weighted by molar-refractivity contribution is 9.09. The largest absolute Gasteiger partial charge is 0.372 e. The Morgan fingerprint density at radius 1 is 0.952 bits per heavy atom. The number of benzene rings is 1. The summed E-state index contributed by atoms with van der Waals surface area (Å²) in [6, 6.07) is 9.23. The number of rotatable bonds is 2. The zero-order valence-electron chi connectivity index (χ0n) is 12.0. The van der Waals surface area contributed by atoms with Crippen LogP contribution in [-0.4, -0.2) is 0 Å². The van der Waals surface area contributed by atoms with E-state index < -0.39 is 0 Å². The molecule has 1 aromatic heterocycles. The van der Waals surface area contributed by atoms with Crippen molar-refractivity contribution in [1.82, 2.24) is 0 Å². The Balaban J connectivity index is 1.64. The van der Waals surface area contributed by atoms with Gasteiger partial charge in [-0.25, -0.2) is 0 Å². The molecule has 0 amide bonds. The molecule has 0 bridgehead atoms. The first kappa shape index (κ1) is 14.0. The van der Waals surface area contributed by atoms with E-state index in [1.807, 2.05) is 11.3 Å². The normalized spacial score (nSPS) is 18.9. The number of halogens is 1. The van der Waals surface area contributed by atoms with Gasteiger partial charge in [0, 0.05) is 9.75 Å². The maximum Gasteiger partial charge on any atom is 0.0738 e. The molecule has 1 nitrogen and oxygen atoms in total. The summed E-state index contributed by atoms with van der Waals surface area (Å²) in [5.41, 5.74) is 5.66. The molecular weight excluding hydrogens is 344 g/mol. The second-order valence-corrected chi connectivity index (χ2v) is 8.13. The molecule has 2 aliphatic rings. The molecule has 0 radical (unpaired) electrons. The highest BCUT2D eigenvalue weighted by Gasteiger charge is 2.20. The van der Waals surface area contributed by atoms with E-state index in [-0.39, 0.29) is 0 Å². The second kappa shape index (κ2) is 5.86. The van der Waals surface area contributed by atoms with E-state index in [0.29, 0.717) is 4.83 Å². The Labute approximate surface area is 138 Å². The van der Waals surface area contributed by atoms with E-state index in [1.54, 1.807) is 10.4 Å². The number of ether oxygens (including phenoxy) is 1. The van der Waals surface area contributed by atoms with Crippen molar-refractivity contribution in [2.45, 2.75) is 50.1 Å². The number of hydrogen-bond donors (Lipinski definition) is 0. The smallest absolute Gasteiger partial charge is 0.0738 e. The first-order valence-corrected chi connectivity index (χ1v) is 9.49. The molecule has 21 heavy (non-hydrogen) atoms. The minimum atomic E-state index is 0.320. The lowest BCUT2D eigenvalue weighted by Crippen LogP contribution is -1.92. The third kappa shape index (κ3) is 2.71. The van der Waals surface area contributed by atoms with Gasteiger partial charge in [-0.2, -0.15) is 0 Å². The molecular formula is C18H19BrOS. The summed E-state index contributed by atoms with van der Waals surface area (Å²) in [5, 5.41) is 0. The Hall–Kier alpha value is -0.640. The van der Waals surface area contributed by atoms with Gasteiger partial charge in [-0.1, -0.05) is 40.5 Å². The standard InChI is InChI=1S/C18H19BrOS/c19-18(13-6-7-14-10-20-11-15(14)8-13)17-9-12-4-2-1-3-5-16(12)21-17/h6-9,18H,1-5,10-11H2. The summed E-state index contributed by atoms with van der Waals surface area (Å²) in [6.45, 7) is 1.54. The SMILES string of the molecule is BrC(c1ccc2c(c1)COC2)c1cc2c(s1)CCCCC2. The van der Waals surface area contributed by atoms with Gasteiger partial charge in [0.25, 0.3) is 0 Å². The minimum absolute atomic E-state index is 0.320. The molecule has 2 heterocycles. The van der Waals surface area contributed by atoms with Crippen molar-refractivity contribution < 1.29 is 4.74 Å². The molecule has 0 saturated heterocycles. The summed E-state index contributed by atoms with van der Waals surface area (Å²) in [6.07, 6.45) is 6.64. The number of aryl methyl sites for hydroxylation is 2. The molecule has 1 aliphatic carbocycles. The first-order chi connectivity index (χ1) is 10.3. The van der Waals surface area contributed by atoms with Crippen LogP contribution in [0.4, 0.5) is 0 Å². The van der Waals surface area contributed by atoms with E-state index in [9.17, 15) is 0 Å². The summed E-state index contributed by atoms with van der Waals surface area (Å²) in [5.74, 6) is 0. The zero-order chi connectivity index (χ0) is 14.2. The lowest BCUT2D eigenvalue weighted by Gasteiger charge is -2.10. The molecule has 0 N–H and O–H groups in total. The van der Waals surface area contributed by atoms with Crippen molar-refractivity contribution >= 4 is 27.3 Å². The van der Waals surface area contributed by atoms with Gasteiger partial charge in [0.2, 0.25) is 0 Å². The number of alkyl halides is 1. The van der Waals surface area contributed by atoms with Gasteiger partial charge < -0.3 is 4.74 Å². The van der Waals surface area contributed by atoms with Crippen molar-refractivity contribution in [1.29, 1.82) is 0 Å². The maximum atomic E-state index is 5.52. The van der Waals surface area contributed by atoms with E-state index >= 15 is 0 Å². The molecule has 1 aliphatic heterocycles. The van der Waals surface area contributed by atoms with Crippen LogP contribution in [0.3, 0.4) is 0 Å². The highest BCUT2D eigenvalue weighted by atomic mass is 79.9. The van der Waals surface area contributed by atoms with Gasteiger partial charge in [0.05, 0.1) is 18.0 Å². The Morgan fingerprint density at radius 3 is 2.76 bits per heavy atom. The van der Waals surface area contributed by atoms with Gasteiger partial charge >= 0.3 is 0 Å². The predicted octanol–water partition coefficient (Wildman–Crippen LogP) is 5.53. The molecule has 0 fully saturated rings. The van der Waals surface area contributed by atoms with E-state index in [1.165, 1.54) is 53.7 Å². The third-order valence-corrected chi connectivity index (χ3v) is 7.18. The molecule has 0 spiro atoms. The first-order valence-electron chi connectivity index (χ1n) is 7.76. The number of hydrogen-bond acceptors (Lipinski definition) is 2. The summed E-state index contributed by atoms with van der Waals surface area (Å²) < 4.78 is 5.52. The summed E-state index contributed by atoms with van der Waals surface area (Å²) >= 11 is 5.92. The zero-order valence-corrected chi connectivity index (χ0v) is 14.4. The molecule has 0 saturated carbocycles. The van der Waals surface area contributed by atoms with Crippen LogP contribution in [0, 0.1) is 0 Å². The van der Waals surface area contributed by atoms with Crippen LogP contribution in [0.1, 0.15) is 56.1 Å².